The van der Waals surface area contributed by atoms with Crippen LogP contribution in [0.25, 0.3) is 0 Å². The zero-order chi connectivity index (χ0) is 18.7. The second kappa shape index (κ2) is 11.7. The van der Waals surface area contributed by atoms with Gasteiger partial charge in [-0.05, 0) is 44.7 Å². The summed E-state index contributed by atoms with van der Waals surface area (Å²) in [4.78, 5) is 2.33. The van der Waals surface area contributed by atoms with Gasteiger partial charge in [0.1, 0.15) is 18.5 Å². The maximum Gasteiger partial charge on any atom is 0.123 e. The molecular weight excluding hydrogens is 356 g/mol. The Balaban J connectivity index is 1.39. The average Bonchev–Trinajstić information content (AvgIpc) is 2.72. The highest BCUT2D eigenvalue weighted by molar-refractivity contribution is 7.99. The lowest BCUT2D eigenvalue weighted by atomic mass is 9.97. The lowest BCUT2D eigenvalue weighted by molar-refractivity contribution is 0.0711. The third-order valence-electron chi connectivity index (χ3n) is 5.30. The van der Waals surface area contributed by atoms with Crippen molar-refractivity contribution in [2.75, 3.05) is 44.3 Å². The number of hydrogen-bond acceptors (Lipinski definition) is 5. The smallest absolute Gasteiger partial charge is 0.123 e. The average molecular weight is 391 g/mol. The highest BCUT2D eigenvalue weighted by atomic mass is 32.2. The Kier molecular flexibility index (Phi) is 9.01. The van der Waals surface area contributed by atoms with Crippen LogP contribution in [-0.4, -0.2) is 60.4 Å². The Labute approximate surface area is 168 Å². The van der Waals surface area contributed by atoms with Crippen molar-refractivity contribution in [1.82, 2.24) is 10.2 Å². The molecule has 0 radical (unpaired) electrons. The normalized spacial score (nSPS) is 19.5. The first-order chi connectivity index (χ1) is 13.3. The van der Waals surface area contributed by atoms with Gasteiger partial charge in [0.15, 0.2) is 0 Å². The van der Waals surface area contributed by atoms with E-state index >= 15 is 0 Å². The summed E-state index contributed by atoms with van der Waals surface area (Å²) in [5.74, 6) is 3.22. The number of ether oxygens (including phenoxy) is 1. The van der Waals surface area contributed by atoms with Crippen molar-refractivity contribution in [2.24, 2.45) is 0 Å². The van der Waals surface area contributed by atoms with Gasteiger partial charge in [0.05, 0.1) is 0 Å². The molecule has 3 rings (SSSR count). The van der Waals surface area contributed by atoms with E-state index in [-0.39, 0.29) is 0 Å². The molecule has 4 nitrogen and oxygen atoms in total. The summed E-state index contributed by atoms with van der Waals surface area (Å²) in [7, 11) is 0. The third kappa shape index (κ3) is 7.49. The van der Waals surface area contributed by atoms with Crippen LogP contribution in [0.1, 0.15) is 37.7 Å². The van der Waals surface area contributed by atoms with Crippen LogP contribution in [0, 0.1) is 0 Å². The molecule has 0 spiro atoms. The summed E-state index contributed by atoms with van der Waals surface area (Å²) in [5.41, 5.74) is 2.77. The molecule has 1 saturated heterocycles. The lowest BCUT2D eigenvalue weighted by Crippen LogP contribution is -2.40. The molecule has 0 amide bonds. The van der Waals surface area contributed by atoms with Gasteiger partial charge in [-0.2, -0.15) is 11.8 Å². The van der Waals surface area contributed by atoms with Crippen molar-refractivity contribution in [2.45, 2.75) is 44.8 Å². The van der Waals surface area contributed by atoms with Crippen molar-refractivity contribution < 1.29 is 9.84 Å². The van der Waals surface area contributed by atoms with E-state index in [1.54, 1.807) is 5.57 Å². The largest absolute Gasteiger partial charge is 0.491 e. The molecule has 1 unspecified atom stereocenters. The Bertz CT molecular complexity index is 587. The fraction of sp³-hybridized carbons (Fsp3) is 0.636. The molecule has 1 aromatic carbocycles. The van der Waals surface area contributed by atoms with Crippen LogP contribution in [0.2, 0.25) is 0 Å². The minimum atomic E-state index is -0.438. The van der Waals surface area contributed by atoms with Gasteiger partial charge in [-0.25, -0.2) is 0 Å². The van der Waals surface area contributed by atoms with Gasteiger partial charge < -0.3 is 15.2 Å². The molecule has 27 heavy (non-hydrogen) atoms. The lowest BCUT2D eigenvalue weighted by Gasteiger charge is -2.28. The number of thioether (sulfide) groups is 1. The number of β-amino-alcohol motifs (C(OH)–C–C–N with tert-alkyl or cyclic N) is 1. The topological polar surface area (TPSA) is 44.7 Å². The molecule has 1 aromatic rings. The van der Waals surface area contributed by atoms with E-state index in [0.29, 0.717) is 13.2 Å². The predicted octanol–water partition coefficient (Wildman–Crippen LogP) is 3.46. The van der Waals surface area contributed by atoms with Gasteiger partial charge in [-0.1, -0.05) is 29.8 Å². The molecule has 1 aliphatic carbocycles. The zero-order valence-corrected chi connectivity index (χ0v) is 17.2. The number of nitrogens with one attached hydrogen (secondary N) is 1. The molecule has 5 heteroatoms. The fourth-order valence-electron chi connectivity index (χ4n) is 3.71. The summed E-state index contributed by atoms with van der Waals surface area (Å²) in [6, 6.07) is 8.16. The fourth-order valence-corrected chi connectivity index (χ4v) is 4.69. The van der Waals surface area contributed by atoms with Gasteiger partial charge in [-0.3, -0.25) is 4.90 Å². The van der Waals surface area contributed by atoms with Crippen molar-refractivity contribution >= 4 is 11.8 Å². The highest BCUT2D eigenvalue weighted by Gasteiger charge is 2.15. The Hall–Kier alpha value is -1.01. The molecular formula is C22H34N2O2S. The summed E-state index contributed by atoms with van der Waals surface area (Å²) < 4.78 is 5.95. The molecule has 0 aromatic heterocycles. The number of benzene rings is 1. The summed E-state index contributed by atoms with van der Waals surface area (Å²) in [6.45, 7) is 5.01. The highest BCUT2D eigenvalue weighted by Crippen LogP contribution is 2.20. The molecule has 1 heterocycles. The van der Waals surface area contributed by atoms with Crippen LogP contribution >= 0.6 is 11.8 Å². The summed E-state index contributed by atoms with van der Waals surface area (Å²) >= 11 is 1.99. The number of aliphatic hydroxyl groups excluding tert-OH is 1. The number of para-hydroxylation sites is 1. The first-order valence-electron chi connectivity index (χ1n) is 10.4. The summed E-state index contributed by atoms with van der Waals surface area (Å²) in [6.07, 6.45) is 8.36. The number of allylic oxidation sites excluding steroid dienone is 1. The van der Waals surface area contributed by atoms with Crippen molar-refractivity contribution in [3.05, 3.63) is 41.5 Å². The van der Waals surface area contributed by atoms with E-state index in [2.05, 4.69) is 28.4 Å². The van der Waals surface area contributed by atoms with Crippen LogP contribution < -0.4 is 10.1 Å². The van der Waals surface area contributed by atoms with E-state index in [0.717, 1.165) is 43.9 Å². The van der Waals surface area contributed by atoms with Crippen LogP contribution in [0.4, 0.5) is 0 Å². The first kappa shape index (κ1) is 20.7. The maximum atomic E-state index is 10.3. The van der Waals surface area contributed by atoms with Gasteiger partial charge in [0, 0.05) is 43.2 Å². The minimum absolute atomic E-state index is 0.355. The van der Waals surface area contributed by atoms with Gasteiger partial charge in [0.25, 0.3) is 0 Å². The predicted molar refractivity (Wildman–Crippen MR) is 115 cm³/mol. The van der Waals surface area contributed by atoms with Crippen molar-refractivity contribution in [3.8, 4) is 5.75 Å². The van der Waals surface area contributed by atoms with Crippen LogP contribution in [0.3, 0.4) is 0 Å². The molecule has 150 valence electrons. The molecule has 1 fully saturated rings. The van der Waals surface area contributed by atoms with E-state index in [4.69, 9.17) is 4.74 Å². The second-order valence-electron chi connectivity index (χ2n) is 7.52. The van der Waals surface area contributed by atoms with Crippen LogP contribution in [-0.2, 0) is 6.54 Å². The Morgan fingerprint density at radius 3 is 2.85 bits per heavy atom. The van der Waals surface area contributed by atoms with Crippen molar-refractivity contribution in [1.29, 1.82) is 0 Å². The Morgan fingerprint density at radius 1 is 1.19 bits per heavy atom. The number of rotatable bonds is 10. The first-order valence-corrected chi connectivity index (χ1v) is 11.5. The van der Waals surface area contributed by atoms with Crippen LogP contribution in [0.5, 0.6) is 5.75 Å². The molecule has 2 aliphatic rings. The monoisotopic (exact) mass is 390 g/mol. The number of aliphatic hydroxyl groups is 1. The Morgan fingerprint density at radius 2 is 2.04 bits per heavy atom. The van der Waals surface area contributed by atoms with Gasteiger partial charge >= 0.3 is 0 Å². The number of hydrogen-bond donors (Lipinski definition) is 2. The standard InChI is InChI=1S/C22H34N2O2S/c25-21(17-24-12-14-27-15-13-24)18-26-22-9-5-4-8-20(22)16-23-11-10-19-6-2-1-3-7-19/h4-6,8-9,21,23,25H,1-3,7,10-18H2. The second-order valence-corrected chi connectivity index (χ2v) is 8.75. The van der Waals surface area contributed by atoms with E-state index in [1.807, 2.05) is 23.9 Å². The van der Waals surface area contributed by atoms with E-state index < -0.39 is 6.10 Å². The van der Waals surface area contributed by atoms with Gasteiger partial charge in [-0.15, -0.1) is 0 Å². The summed E-state index contributed by atoms with van der Waals surface area (Å²) in [5, 5.41) is 13.9. The SMILES string of the molecule is OC(COc1ccccc1CNCCC1=CCCCC1)CN1CCSCC1. The quantitative estimate of drug-likeness (QED) is 0.473. The minimum Gasteiger partial charge on any atom is -0.491 e. The van der Waals surface area contributed by atoms with Gasteiger partial charge in [0.2, 0.25) is 0 Å². The van der Waals surface area contributed by atoms with Crippen LogP contribution in [0.15, 0.2) is 35.9 Å². The molecule has 0 bridgehead atoms. The number of nitrogens with zero attached hydrogens (tertiary/aromatic N) is 1. The maximum absolute atomic E-state index is 10.3. The third-order valence-corrected chi connectivity index (χ3v) is 6.24. The molecule has 0 saturated carbocycles. The molecule has 1 atom stereocenters. The molecule has 2 N–H and O–H groups in total. The van der Waals surface area contributed by atoms with Crippen molar-refractivity contribution in [3.63, 3.8) is 0 Å². The zero-order valence-electron chi connectivity index (χ0n) is 16.4. The molecule has 1 aliphatic heterocycles. The van der Waals surface area contributed by atoms with E-state index in [9.17, 15) is 5.11 Å². The van der Waals surface area contributed by atoms with E-state index in [1.165, 1.54) is 37.2 Å².